The SMILES string of the molecule is COCCCN(CC(=O)Nc1cc(C)on1)C(=O)Cc1ccc(OC)cc1. The molecule has 2 amide bonds. The summed E-state index contributed by atoms with van der Waals surface area (Å²) in [5.41, 5.74) is 0.852. The van der Waals surface area contributed by atoms with Crippen molar-refractivity contribution in [3.05, 3.63) is 41.7 Å². The highest BCUT2D eigenvalue weighted by molar-refractivity contribution is 5.94. The fourth-order valence-corrected chi connectivity index (χ4v) is 2.50. The van der Waals surface area contributed by atoms with E-state index in [-0.39, 0.29) is 24.8 Å². The summed E-state index contributed by atoms with van der Waals surface area (Å²) >= 11 is 0. The van der Waals surface area contributed by atoms with E-state index in [1.54, 1.807) is 39.3 Å². The summed E-state index contributed by atoms with van der Waals surface area (Å²) in [6.07, 6.45) is 0.842. The van der Waals surface area contributed by atoms with Crippen molar-refractivity contribution in [2.45, 2.75) is 19.8 Å². The third-order valence-corrected chi connectivity index (χ3v) is 3.87. The second-order valence-electron chi connectivity index (χ2n) is 6.06. The summed E-state index contributed by atoms with van der Waals surface area (Å²) in [4.78, 5) is 26.5. The smallest absolute Gasteiger partial charge is 0.245 e. The molecule has 1 heterocycles. The molecule has 0 aliphatic carbocycles. The Balaban J connectivity index is 1.97. The van der Waals surface area contributed by atoms with Gasteiger partial charge in [0.25, 0.3) is 0 Å². The number of carbonyl (C=O) groups excluding carboxylic acids is 2. The zero-order valence-corrected chi connectivity index (χ0v) is 15.9. The number of nitrogens with zero attached hydrogens (tertiary/aromatic N) is 2. The number of amides is 2. The van der Waals surface area contributed by atoms with Crippen molar-refractivity contribution in [3.63, 3.8) is 0 Å². The first-order valence-corrected chi connectivity index (χ1v) is 8.64. The van der Waals surface area contributed by atoms with Crippen molar-refractivity contribution in [3.8, 4) is 5.75 Å². The van der Waals surface area contributed by atoms with E-state index in [1.807, 2.05) is 12.1 Å². The Morgan fingerprint density at radius 3 is 2.56 bits per heavy atom. The minimum Gasteiger partial charge on any atom is -0.497 e. The zero-order valence-electron chi connectivity index (χ0n) is 15.9. The molecule has 0 spiro atoms. The van der Waals surface area contributed by atoms with Gasteiger partial charge in [-0.05, 0) is 31.0 Å². The van der Waals surface area contributed by atoms with Crippen molar-refractivity contribution in [1.82, 2.24) is 10.1 Å². The molecule has 1 aromatic carbocycles. The van der Waals surface area contributed by atoms with Crippen LogP contribution in [-0.4, -0.2) is 55.8 Å². The normalized spacial score (nSPS) is 10.5. The van der Waals surface area contributed by atoms with Gasteiger partial charge in [-0.25, -0.2) is 0 Å². The molecule has 0 aliphatic heterocycles. The second-order valence-corrected chi connectivity index (χ2v) is 6.06. The molecular formula is C19H25N3O5. The van der Waals surface area contributed by atoms with Crippen LogP contribution in [0.25, 0.3) is 0 Å². The van der Waals surface area contributed by atoms with E-state index in [9.17, 15) is 9.59 Å². The fraction of sp³-hybridized carbons (Fsp3) is 0.421. The maximum Gasteiger partial charge on any atom is 0.245 e. The number of aromatic nitrogens is 1. The standard InChI is InChI=1S/C19H25N3O5/c1-14-11-17(21-27-14)20-18(23)13-22(9-4-10-25-2)19(24)12-15-5-7-16(26-3)8-6-15/h5-8,11H,4,9-10,12-13H2,1-3H3,(H,20,21,23). The summed E-state index contributed by atoms with van der Waals surface area (Å²) in [7, 11) is 3.19. The molecule has 0 unspecified atom stereocenters. The summed E-state index contributed by atoms with van der Waals surface area (Å²) in [5.74, 6) is 1.19. The Hall–Kier alpha value is -2.87. The van der Waals surface area contributed by atoms with Crippen LogP contribution >= 0.6 is 0 Å². The van der Waals surface area contributed by atoms with Gasteiger partial charge in [0, 0.05) is 26.3 Å². The van der Waals surface area contributed by atoms with E-state index in [2.05, 4.69) is 10.5 Å². The first kappa shape index (κ1) is 20.4. The van der Waals surface area contributed by atoms with Crippen LogP contribution in [0.15, 0.2) is 34.9 Å². The Kier molecular flexibility index (Phi) is 7.81. The molecule has 0 aliphatic rings. The van der Waals surface area contributed by atoms with Gasteiger partial charge in [-0.1, -0.05) is 17.3 Å². The summed E-state index contributed by atoms with van der Waals surface area (Å²) in [6.45, 7) is 2.60. The average molecular weight is 375 g/mol. The minimum absolute atomic E-state index is 0.0649. The molecule has 1 N–H and O–H groups in total. The van der Waals surface area contributed by atoms with E-state index in [0.29, 0.717) is 31.2 Å². The Morgan fingerprint density at radius 1 is 1.22 bits per heavy atom. The molecule has 1 aromatic heterocycles. The number of nitrogens with one attached hydrogen (secondary N) is 1. The quantitative estimate of drug-likeness (QED) is 0.639. The lowest BCUT2D eigenvalue weighted by Gasteiger charge is -2.22. The molecule has 2 rings (SSSR count). The average Bonchev–Trinajstić information content (AvgIpc) is 3.06. The molecule has 0 saturated heterocycles. The van der Waals surface area contributed by atoms with Crippen LogP contribution in [0.2, 0.25) is 0 Å². The van der Waals surface area contributed by atoms with Crippen molar-refractivity contribution in [2.75, 3.05) is 39.2 Å². The van der Waals surface area contributed by atoms with E-state index >= 15 is 0 Å². The molecule has 0 saturated carbocycles. The number of rotatable bonds is 10. The molecule has 27 heavy (non-hydrogen) atoms. The van der Waals surface area contributed by atoms with Crippen molar-refractivity contribution in [1.29, 1.82) is 0 Å². The lowest BCUT2D eigenvalue weighted by atomic mass is 10.1. The van der Waals surface area contributed by atoms with Crippen molar-refractivity contribution < 1.29 is 23.6 Å². The summed E-state index contributed by atoms with van der Waals surface area (Å²) in [6, 6.07) is 8.89. The Morgan fingerprint density at radius 2 is 1.96 bits per heavy atom. The second kappa shape index (κ2) is 10.3. The maximum absolute atomic E-state index is 12.7. The third-order valence-electron chi connectivity index (χ3n) is 3.87. The van der Waals surface area contributed by atoms with Gasteiger partial charge in [0.2, 0.25) is 11.8 Å². The van der Waals surface area contributed by atoms with Crippen molar-refractivity contribution >= 4 is 17.6 Å². The number of hydrogen-bond acceptors (Lipinski definition) is 6. The highest BCUT2D eigenvalue weighted by atomic mass is 16.5. The van der Waals surface area contributed by atoms with Gasteiger partial charge < -0.3 is 24.2 Å². The molecule has 0 radical (unpaired) electrons. The molecule has 8 nitrogen and oxygen atoms in total. The van der Waals surface area contributed by atoms with E-state index in [0.717, 1.165) is 11.3 Å². The van der Waals surface area contributed by atoms with Crippen LogP contribution < -0.4 is 10.1 Å². The van der Waals surface area contributed by atoms with Gasteiger partial charge >= 0.3 is 0 Å². The number of aryl methyl sites for hydroxylation is 1. The van der Waals surface area contributed by atoms with Gasteiger partial charge in [-0.15, -0.1) is 0 Å². The Bertz CT molecular complexity index is 742. The van der Waals surface area contributed by atoms with E-state index in [4.69, 9.17) is 14.0 Å². The Labute approximate surface area is 158 Å². The summed E-state index contributed by atoms with van der Waals surface area (Å²) < 4.78 is 15.1. The van der Waals surface area contributed by atoms with Crippen LogP contribution in [0.5, 0.6) is 5.75 Å². The molecule has 0 atom stereocenters. The third kappa shape index (κ3) is 6.74. The largest absolute Gasteiger partial charge is 0.497 e. The van der Waals surface area contributed by atoms with E-state index < -0.39 is 0 Å². The van der Waals surface area contributed by atoms with Gasteiger partial charge in [0.15, 0.2) is 5.82 Å². The monoisotopic (exact) mass is 375 g/mol. The molecule has 146 valence electrons. The van der Waals surface area contributed by atoms with Crippen LogP contribution in [0.4, 0.5) is 5.82 Å². The topological polar surface area (TPSA) is 93.9 Å². The number of ether oxygens (including phenoxy) is 2. The van der Waals surface area contributed by atoms with Crippen LogP contribution in [-0.2, 0) is 20.7 Å². The molecule has 0 bridgehead atoms. The van der Waals surface area contributed by atoms with Crippen LogP contribution in [0.3, 0.4) is 0 Å². The van der Waals surface area contributed by atoms with Crippen LogP contribution in [0.1, 0.15) is 17.7 Å². The highest BCUT2D eigenvalue weighted by Crippen LogP contribution is 2.13. The predicted octanol–water partition coefficient (Wildman–Crippen LogP) is 2.04. The summed E-state index contributed by atoms with van der Waals surface area (Å²) in [5, 5.41) is 6.36. The first-order chi connectivity index (χ1) is 13.0. The maximum atomic E-state index is 12.7. The number of hydrogen-bond donors (Lipinski definition) is 1. The molecule has 0 fully saturated rings. The van der Waals surface area contributed by atoms with Gasteiger partial charge in [-0.2, -0.15) is 0 Å². The lowest BCUT2D eigenvalue weighted by Crippen LogP contribution is -2.39. The fourth-order valence-electron chi connectivity index (χ4n) is 2.50. The lowest BCUT2D eigenvalue weighted by molar-refractivity contribution is -0.134. The van der Waals surface area contributed by atoms with Gasteiger partial charge in [0.05, 0.1) is 20.1 Å². The predicted molar refractivity (Wildman–Crippen MR) is 99.6 cm³/mol. The van der Waals surface area contributed by atoms with Crippen LogP contribution in [0, 0.1) is 6.92 Å². The first-order valence-electron chi connectivity index (χ1n) is 8.64. The van der Waals surface area contributed by atoms with Gasteiger partial charge in [-0.3, -0.25) is 9.59 Å². The number of methoxy groups -OCH3 is 2. The number of benzene rings is 1. The number of anilines is 1. The highest BCUT2D eigenvalue weighted by Gasteiger charge is 2.18. The number of carbonyl (C=O) groups is 2. The molecular weight excluding hydrogens is 350 g/mol. The van der Waals surface area contributed by atoms with Gasteiger partial charge in [0.1, 0.15) is 11.5 Å². The van der Waals surface area contributed by atoms with E-state index in [1.165, 1.54) is 4.90 Å². The van der Waals surface area contributed by atoms with Crippen molar-refractivity contribution in [2.24, 2.45) is 0 Å². The zero-order chi connectivity index (χ0) is 19.6. The molecule has 2 aromatic rings. The molecule has 8 heteroatoms. The minimum atomic E-state index is -0.330.